The summed E-state index contributed by atoms with van der Waals surface area (Å²) in [4.78, 5) is 4.08. The summed E-state index contributed by atoms with van der Waals surface area (Å²) in [5, 5.41) is 1.10. The monoisotopic (exact) mass is 466 g/mol. The maximum atomic E-state index is 4.08. The minimum absolute atomic E-state index is 1.05. The van der Waals surface area contributed by atoms with Crippen molar-refractivity contribution >= 4 is 17.0 Å². The van der Waals surface area contributed by atoms with Crippen molar-refractivity contribution in [3.05, 3.63) is 25.4 Å². The van der Waals surface area contributed by atoms with Gasteiger partial charge < -0.3 is 4.31 Å². The zero-order chi connectivity index (χ0) is 24.6. The molecule has 0 radical (unpaired) electrons. The van der Waals surface area contributed by atoms with Gasteiger partial charge in [-0.15, -0.1) is 13.2 Å². The fourth-order valence-electron chi connectivity index (χ4n) is 3.96. The Labute approximate surface area is 207 Å². The van der Waals surface area contributed by atoms with E-state index in [2.05, 4.69) is 56.7 Å². The molecule has 1 aliphatic heterocycles. The lowest BCUT2D eigenvalue weighted by Crippen LogP contribution is -2.09. The second kappa shape index (κ2) is 24.9. The van der Waals surface area contributed by atoms with Gasteiger partial charge in [0.05, 0.1) is 5.04 Å². The van der Waals surface area contributed by atoms with Crippen molar-refractivity contribution in [1.82, 2.24) is 4.31 Å². The summed E-state index contributed by atoms with van der Waals surface area (Å²) in [5.74, 6) is 2.09. The third-order valence-electron chi connectivity index (χ3n) is 6.23. The molecule has 1 saturated heterocycles. The molecular weight excluding hydrogens is 408 g/mol. The predicted molar refractivity (Wildman–Crippen MR) is 153 cm³/mol. The highest BCUT2D eigenvalue weighted by Crippen LogP contribution is 2.27. The van der Waals surface area contributed by atoms with Crippen LogP contribution in [0.4, 0.5) is 0 Å². The Morgan fingerprint density at radius 1 is 0.875 bits per heavy atom. The fourth-order valence-corrected chi connectivity index (χ4v) is 4.80. The van der Waals surface area contributed by atoms with Gasteiger partial charge in [0.25, 0.3) is 0 Å². The number of hydrogen-bond donors (Lipinski definition) is 0. The number of unbranched alkanes of at least 4 members (excludes halogenated alkanes) is 4. The van der Waals surface area contributed by atoms with E-state index in [1.54, 1.807) is 11.9 Å². The minimum Gasteiger partial charge on any atom is -0.316 e. The number of rotatable bonds is 5. The lowest BCUT2D eigenvalue weighted by Gasteiger charge is -2.16. The van der Waals surface area contributed by atoms with Gasteiger partial charge in [0.2, 0.25) is 0 Å². The smallest absolute Gasteiger partial charge is 0.0851 e. The maximum Gasteiger partial charge on any atom is 0.0851 e. The average molecular weight is 467 g/mol. The van der Waals surface area contributed by atoms with Crippen molar-refractivity contribution in [3.63, 3.8) is 0 Å². The van der Waals surface area contributed by atoms with Crippen molar-refractivity contribution in [2.75, 3.05) is 13.6 Å². The van der Waals surface area contributed by atoms with Crippen LogP contribution in [0.25, 0.3) is 0 Å². The van der Waals surface area contributed by atoms with Crippen LogP contribution in [0.1, 0.15) is 131 Å². The summed E-state index contributed by atoms with van der Waals surface area (Å²) in [7, 11) is 1.82. The summed E-state index contributed by atoms with van der Waals surface area (Å²) in [6.45, 7) is 22.3. The first kappa shape index (κ1) is 33.5. The fraction of sp³-hybridized carbons (Fsp3) is 0.828. The van der Waals surface area contributed by atoms with E-state index in [-0.39, 0.29) is 0 Å². The quantitative estimate of drug-likeness (QED) is 0.132. The van der Waals surface area contributed by atoms with Gasteiger partial charge in [-0.3, -0.25) is 4.99 Å². The molecule has 0 spiro atoms. The number of aliphatic imine (C=N–C) groups is 1. The van der Waals surface area contributed by atoms with E-state index in [0.717, 1.165) is 29.8 Å². The third-order valence-corrected chi connectivity index (χ3v) is 7.34. The van der Waals surface area contributed by atoms with E-state index in [4.69, 9.17) is 0 Å². The van der Waals surface area contributed by atoms with Gasteiger partial charge in [0.15, 0.2) is 0 Å². The summed E-state index contributed by atoms with van der Waals surface area (Å²) in [5.41, 5.74) is 1.23. The highest BCUT2D eigenvalue weighted by atomic mass is 32.2. The molecule has 0 unspecified atom stereocenters. The molecule has 0 amide bonds. The van der Waals surface area contributed by atoms with Crippen molar-refractivity contribution in [1.29, 1.82) is 0 Å². The average Bonchev–Trinajstić information content (AvgIpc) is 3.57. The predicted octanol–water partition coefficient (Wildman–Crippen LogP) is 10.5. The first-order valence-electron chi connectivity index (χ1n) is 13.5. The minimum atomic E-state index is 1.05. The van der Waals surface area contributed by atoms with Crippen LogP contribution < -0.4 is 0 Å². The van der Waals surface area contributed by atoms with Crippen molar-refractivity contribution in [2.24, 2.45) is 16.8 Å². The summed E-state index contributed by atoms with van der Waals surface area (Å²) in [6.07, 6.45) is 21.3. The zero-order valence-corrected chi connectivity index (χ0v) is 23.7. The molecular formula is C29H58N2S. The van der Waals surface area contributed by atoms with Crippen LogP contribution in [0.5, 0.6) is 0 Å². The van der Waals surface area contributed by atoms with Gasteiger partial charge in [-0.2, -0.15) is 0 Å². The molecule has 3 aliphatic rings. The van der Waals surface area contributed by atoms with Crippen molar-refractivity contribution in [2.45, 2.75) is 131 Å². The largest absolute Gasteiger partial charge is 0.316 e. The van der Waals surface area contributed by atoms with Crippen LogP contribution in [-0.4, -0.2) is 22.9 Å². The van der Waals surface area contributed by atoms with Gasteiger partial charge in [-0.25, -0.2) is 0 Å². The Kier molecular flexibility index (Phi) is 26.1. The molecule has 1 heterocycles. The molecule has 0 atom stereocenters. The molecule has 2 nitrogen and oxygen atoms in total. The topological polar surface area (TPSA) is 15.6 Å². The van der Waals surface area contributed by atoms with Crippen LogP contribution in [0.15, 0.2) is 30.4 Å². The Morgan fingerprint density at radius 3 is 1.56 bits per heavy atom. The normalized spacial score (nSPS) is 18.5. The SMILES string of the molecule is C=C.C=C1CCCN1SC(C)=NC.CC1CCCC1.CC1CCCC1.CCCCCCC. The molecule has 2 saturated carbocycles. The Hall–Kier alpha value is -0.700. The van der Waals surface area contributed by atoms with E-state index in [0.29, 0.717) is 0 Å². The van der Waals surface area contributed by atoms with Gasteiger partial charge in [-0.1, -0.05) is 118 Å². The zero-order valence-electron chi connectivity index (χ0n) is 22.9. The van der Waals surface area contributed by atoms with Gasteiger partial charge in [-0.05, 0) is 31.6 Å². The number of nitrogens with zero attached hydrogens (tertiary/aromatic N) is 2. The second-order valence-corrected chi connectivity index (χ2v) is 10.7. The standard InChI is InChI=1S/C8H14N2S.C7H16.2C6H12.C2H4/c1-7-5-4-6-10(7)11-8(2)9-3;1-3-5-7-6-4-2;2*1-6-4-2-3-5-6;1-2/h1,4-6H2,2-3H3;3-7H2,1-2H3;2*6H,2-5H2,1H3;1-2H2. The molecule has 0 aromatic heterocycles. The van der Waals surface area contributed by atoms with Gasteiger partial charge >= 0.3 is 0 Å². The molecule has 0 aromatic carbocycles. The van der Waals surface area contributed by atoms with E-state index in [1.807, 2.05) is 14.0 Å². The van der Waals surface area contributed by atoms with Crippen LogP contribution in [0, 0.1) is 11.8 Å². The van der Waals surface area contributed by atoms with Gasteiger partial charge in [0.1, 0.15) is 0 Å². The third kappa shape index (κ3) is 21.2. The van der Waals surface area contributed by atoms with Gasteiger partial charge in [0, 0.05) is 31.2 Å². The molecule has 3 heteroatoms. The first-order valence-corrected chi connectivity index (χ1v) is 14.3. The van der Waals surface area contributed by atoms with Crippen LogP contribution >= 0.6 is 11.9 Å². The summed E-state index contributed by atoms with van der Waals surface area (Å²) >= 11 is 1.70. The Morgan fingerprint density at radius 2 is 1.31 bits per heavy atom. The molecule has 0 bridgehead atoms. The Bertz CT molecular complexity index is 416. The summed E-state index contributed by atoms with van der Waals surface area (Å²) in [6, 6.07) is 0. The Balaban J connectivity index is 0. The maximum absolute atomic E-state index is 4.08. The van der Waals surface area contributed by atoms with Crippen LogP contribution in [0.3, 0.4) is 0 Å². The molecule has 32 heavy (non-hydrogen) atoms. The van der Waals surface area contributed by atoms with E-state index in [1.165, 1.54) is 95.6 Å². The molecule has 3 rings (SSSR count). The van der Waals surface area contributed by atoms with E-state index >= 15 is 0 Å². The highest BCUT2D eigenvalue weighted by molar-refractivity contribution is 8.11. The highest BCUT2D eigenvalue weighted by Gasteiger charge is 2.15. The number of hydrogen-bond acceptors (Lipinski definition) is 3. The van der Waals surface area contributed by atoms with E-state index < -0.39 is 0 Å². The number of allylic oxidation sites excluding steroid dienone is 1. The van der Waals surface area contributed by atoms with E-state index in [9.17, 15) is 0 Å². The van der Waals surface area contributed by atoms with Crippen LogP contribution in [-0.2, 0) is 0 Å². The first-order chi connectivity index (χ1) is 15.4. The van der Waals surface area contributed by atoms with Crippen molar-refractivity contribution in [3.8, 4) is 0 Å². The van der Waals surface area contributed by atoms with Crippen LogP contribution in [0.2, 0.25) is 0 Å². The molecule has 3 fully saturated rings. The molecule has 190 valence electrons. The second-order valence-electron chi connectivity index (χ2n) is 9.45. The summed E-state index contributed by atoms with van der Waals surface area (Å²) < 4.78 is 2.22. The molecule has 0 N–H and O–H groups in total. The lowest BCUT2D eigenvalue weighted by atomic mass is 10.2. The molecule has 0 aromatic rings. The van der Waals surface area contributed by atoms with Crippen molar-refractivity contribution < 1.29 is 0 Å². The lowest BCUT2D eigenvalue weighted by molar-refractivity contribution is 0.612. The molecule has 2 aliphatic carbocycles.